The first-order valence-electron chi connectivity index (χ1n) is 14.1. The molecule has 6 rings (SSSR count). The topological polar surface area (TPSA) is 0 Å². The van der Waals surface area contributed by atoms with Gasteiger partial charge in [0.2, 0.25) is 0 Å². The summed E-state index contributed by atoms with van der Waals surface area (Å²) in [6.45, 7) is 16.5. The fraction of sp³-hybridized carbons (Fsp3) is 0.150. The van der Waals surface area contributed by atoms with E-state index in [1.54, 1.807) is 0 Å². The van der Waals surface area contributed by atoms with Gasteiger partial charge in [-0.3, -0.25) is 6.08 Å². The molecule has 1 atom stereocenters. The van der Waals surface area contributed by atoms with Crippen LogP contribution >= 0.6 is 0 Å². The number of hydrogen-bond acceptors (Lipinski definition) is 0. The number of hydrogen-bond donors (Lipinski definition) is 0. The van der Waals surface area contributed by atoms with E-state index in [1.165, 1.54) is 65.7 Å². The van der Waals surface area contributed by atoms with Crippen LogP contribution < -0.4 is 24.8 Å². The van der Waals surface area contributed by atoms with Gasteiger partial charge in [-0.1, -0.05) is 88.6 Å². The second kappa shape index (κ2) is 16.8. The summed E-state index contributed by atoms with van der Waals surface area (Å²) >= 11 is 1.46. The summed E-state index contributed by atoms with van der Waals surface area (Å²) in [6.07, 6.45) is 11.4. The second-order valence-corrected chi connectivity index (χ2v) is 12.6. The van der Waals surface area contributed by atoms with Gasteiger partial charge in [0.15, 0.2) is 0 Å². The van der Waals surface area contributed by atoms with Crippen LogP contribution in [0.1, 0.15) is 49.9 Å². The van der Waals surface area contributed by atoms with Gasteiger partial charge in [-0.15, -0.1) is 39.7 Å². The van der Waals surface area contributed by atoms with Gasteiger partial charge >= 0.3 is 99.2 Å². The first-order valence-corrected chi connectivity index (χ1v) is 15.3. The van der Waals surface area contributed by atoms with Crippen molar-refractivity contribution in [3.8, 4) is 0 Å². The van der Waals surface area contributed by atoms with Crippen molar-refractivity contribution in [3.05, 3.63) is 162 Å². The Bertz CT molecular complexity index is 1610. The summed E-state index contributed by atoms with van der Waals surface area (Å²) in [7, 11) is 0. The fourth-order valence-electron chi connectivity index (χ4n) is 4.72. The fourth-order valence-corrected chi connectivity index (χ4v) is 5.54. The Morgan fingerprint density at radius 3 is 1.51 bits per heavy atom. The Kier molecular flexibility index (Phi) is 14.1. The summed E-state index contributed by atoms with van der Waals surface area (Å²) in [5, 5.41) is 5.15. The molecule has 43 heavy (non-hydrogen) atoms. The number of fused-ring (bicyclic) bond motifs is 3. The third-order valence-electron chi connectivity index (χ3n) is 7.15. The zero-order valence-corrected chi connectivity index (χ0v) is 29.3. The molecule has 0 saturated carbocycles. The molecular weight excluding hydrogens is 643 g/mol. The van der Waals surface area contributed by atoms with Crippen molar-refractivity contribution < 1.29 is 49.0 Å². The Morgan fingerprint density at radius 2 is 1.19 bits per heavy atom. The number of rotatable bonds is 4. The normalized spacial score (nSPS) is 13.3. The first kappa shape index (κ1) is 36.2. The van der Waals surface area contributed by atoms with Gasteiger partial charge in [0.25, 0.3) is 0 Å². The third kappa shape index (κ3) is 9.77. The van der Waals surface area contributed by atoms with E-state index in [2.05, 4.69) is 162 Å². The molecule has 1 aliphatic carbocycles. The molecule has 0 nitrogen and oxygen atoms in total. The molecule has 0 spiro atoms. The summed E-state index contributed by atoms with van der Waals surface area (Å²) in [4.78, 5) is 0. The average molecular weight is 681 g/mol. The number of benzene rings is 4. The van der Waals surface area contributed by atoms with Gasteiger partial charge < -0.3 is 24.8 Å². The molecule has 1 aliphatic rings. The Hall–Kier alpha value is -2.96. The molecule has 5 aromatic carbocycles. The van der Waals surface area contributed by atoms with Crippen LogP contribution in [-0.4, -0.2) is 3.21 Å². The van der Waals surface area contributed by atoms with E-state index in [1.807, 2.05) is 12.2 Å². The Balaban J connectivity index is 0.000000227. The molecule has 0 fully saturated rings. The average Bonchev–Trinajstić information content (AvgIpc) is 3.61. The van der Waals surface area contributed by atoms with Gasteiger partial charge in [-0.25, -0.2) is 6.08 Å². The van der Waals surface area contributed by atoms with E-state index in [0.29, 0.717) is 11.3 Å². The van der Waals surface area contributed by atoms with E-state index in [0.717, 1.165) is 11.1 Å². The van der Waals surface area contributed by atoms with Gasteiger partial charge in [-0.2, -0.15) is 11.6 Å². The zero-order valence-electron chi connectivity index (χ0n) is 25.4. The van der Waals surface area contributed by atoms with Crippen LogP contribution in [0.3, 0.4) is 0 Å². The van der Waals surface area contributed by atoms with Crippen molar-refractivity contribution >= 4 is 36.9 Å². The van der Waals surface area contributed by atoms with E-state index < -0.39 is 0 Å². The van der Waals surface area contributed by atoms with Crippen LogP contribution in [0.25, 0.3) is 33.7 Å². The van der Waals surface area contributed by atoms with Gasteiger partial charge in [-0.05, 0) is 11.1 Å². The van der Waals surface area contributed by atoms with Crippen LogP contribution in [0.2, 0.25) is 0 Å². The molecule has 0 saturated heterocycles. The number of halogens is 2. The standard InChI is InChI=1S/C17H13.C13H10.C10H15.2ClH.Zr/c1-3-12-5-7-14-11-15-8-6-13(4-2)10-17(15)16(14)9-12;1-3-7-12(8-4-1)11-13-9-5-2-6-10-13;1-8-5-6-9(7-8)10(2,3)4;;;/h3-11H,1-2H2;1-10H;6-8H,1-4H3;2*1H;/q-1;;-1;;;+2/p-2. The van der Waals surface area contributed by atoms with E-state index >= 15 is 0 Å². The molecule has 0 heterocycles. The molecule has 5 aromatic rings. The molecule has 3 heteroatoms. The van der Waals surface area contributed by atoms with Gasteiger partial charge in [0.05, 0.1) is 0 Å². The van der Waals surface area contributed by atoms with Crippen LogP contribution in [0.15, 0.2) is 134 Å². The predicted octanol–water partition coefficient (Wildman–Crippen LogP) is 4.78. The molecule has 0 aliphatic heterocycles. The minimum atomic E-state index is 0. The van der Waals surface area contributed by atoms with Crippen LogP contribution in [0.5, 0.6) is 0 Å². The monoisotopic (exact) mass is 678 g/mol. The van der Waals surface area contributed by atoms with Gasteiger partial charge in [0.1, 0.15) is 0 Å². The van der Waals surface area contributed by atoms with E-state index in [9.17, 15) is 0 Å². The number of allylic oxidation sites excluding steroid dienone is 4. The predicted molar refractivity (Wildman–Crippen MR) is 178 cm³/mol. The van der Waals surface area contributed by atoms with Crippen molar-refractivity contribution in [2.75, 3.05) is 0 Å². The maximum atomic E-state index is 3.82. The molecule has 0 aromatic heterocycles. The molecule has 1 unspecified atom stereocenters. The van der Waals surface area contributed by atoms with Crippen molar-refractivity contribution in [2.45, 2.75) is 27.7 Å². The Morgan fingerprint density at radius 1 is 0.744 bits per heavy atom. The van der Waals surface area contributed by atoms with Crippen LogP contribution in [-0.2, 0) is 24.2 Å². The van der Waals surface area contributed by atoms with Crippen molar-refractivity contribution in [1.29, 1.82) is 0 Å². The van der Waals surface area contributed by atoms with Crippen molar-refractivity contribution in [3.63, 3.8) is 0 Å². The Labute approximate surface area is 285 Å². The van der Waals surface area contributed by atoms with Crippen LogP contribution in [0, 0.1) is 17.4 Å². The van der Waals surface area contributed by atoms with E-state index in [-0.39, 0.29) is 24.8 Å². The van der Waals surface area contributed by atoms with Gasteiger partial charge in [0, 0.05) is 0 Å². The minimum absolute atomic E-state index is 0. The first-order chi connectivity index (χ1) is 19.7. The third-order valence-corrected chi connectivity index (χ3v) is 8.57. The quantitative estimate of drug-likeness (QED) is 0.240. The summed E-state index contributed by atoms with van der Waals surface area (Å²) < 4.78 is 1.42. The molecule has 0 bridgehead atoms. The van der Waals surface area contributed by atoms with E-state index in [4.69, 9.17) is 0 Å². The molecule has 218 valence electrons. The molecule has 0 N–H and O–H groups in total. The zero-order chi connectivity index (χ0) is 29.4. The maximum absolute atomic E-state index is 3.82. The molecule has 0 amide bonds. The summed E-state index contributed by atoms with van der Waals surface area (Å²) in [6, 6.07) is 36.2. The van der Waals surface area contributed by atoms with Crippen molar-refractivity contribution in [1.82, 2.24) is 0 Å². The molecular formula is C40H38Cl2Zr-2. The summed E-state index contributed by atoms with van der Waals surface area (Å²) in [5.74, 6) is 0.522. The summed E-state index contributed by atoms with van der Waals surface area (Å²) in [5.41, 5.74) is 6.70. The molecule has 0 radical (unpaired) electrons. The van der Waals surface area contributed by atoms with Crippen molar-refractivity contribution in [2.24, 2.45) is 11.3 Å². The SMILES string of the molecule is C=Cc1ccc2[cH-]c3ccc(C=C)cc3c2c1.CC1[C-]=CC(C(C)(C)C)=C1.[Cl-].[Cl-].[Zr+2]=[C](c1ccccc1)c1ccccc1. The second-order valence-electron chi connectivity index (χ2n) is 11.3. The van der Waals surface area contributed by atoms with Crippen LogP contribution in [0.4, 0.5) is 0 Å².